The predicted molar refractivity (Wildman–Crippen MR) is 259 cm³/mol. The molecule has 0 amide bonds. The standard InChI is InChI=1S/C61H47N/c1-59(2)51-20-10-8-19-48(51)50-38-42(31-37-52(50)59)40-26-32-45(33-27-40)62(44-16-6-5-7-17-44)46-34-28-41(29-35-46)43-30-36-49-47-18-9-11-21-53(47)61(58(49)39-43)56-24-14-12-22-54(56)60(3,4)55-23-13-15-25-57(55)61/h5-39H,1-4H3. The van der Waals surface area contributed by atoms with E-state index in [1.165, 1.54) is 89.0 Å². The molecule has 0 bridgehead atoms. The molecule has 9 aromatic rings. The monoisotopic (exact) mass is 793 g/mol. The van der Waals surface area contributed by atoms with Crippen molar-refractivity contribution in [2.24, 2.45) is 0 Å². The van der Waals surface area contributed by atoms with Gasteiger partial charge in [-0.3, -0.25) is 0 Å². The molecule has 0 saturated heterocycles. The summed E-state index contributed by atoms with van der Waals surface area (Å²) in [5.41, 5.74) is 24.1. The fourth-order valence-corrected chi connectivity index (χ4v) is 11.6. The maximum absolute atomic E-state index is 2.49. The molecule has 296 valence electrons. The quantitative estimate of drug-likeness (QED) is 0.168. The van der Waals surface area contributed by atoms with Gasteiger partial charge in [0.15, 0.2) is 0 Å². The average molecular weight is 794 g/mol. The molecule has 62 heavy (non-hydrogen) atoms. The third kappa shape index (κ3) is 5.09. The van der Waals surface area contributed by atoms with E-state index in [4.69, 9.17) is 0 Å². The Kier molecular flexibility index (Phi) is 7.91. The van der Waals surface area contributed by atoms with Crippen LogP contribution in [0.2, 0.25) is 0 Å². The lowest BCUT2D eigenvalue weighted by Crippen LogP contribution is -2.40. The number of fused-ring (bicyclic) bond motifs is 12. The number of benzene rings is 9. The molecular weight excluding hydrogens is 747 g/mol. The smallest absolute Gasteiger partial charge is 0.0719 e. The van der Waals surface area contributed by atoms with Crippen LogP contribution in [0.25, 0.3) is 44.5 Å². The van der Waals surface area contributed by atoms with Crippen molar-refractivity contribution in [2.45, 2.75) is 43.9 Å². The van der Waals surface area contributed by atoms with Crippen molar-refractivity contribution in [3.63, 3.8) is 0 Å². The first-order valence-corrected chi connectivity index (χ1v) is 22.0. The normalized spacial score (nSPS) is 15.2. The van der Waals surface area contributed by atoms with Crippen molar-refractivity contribution in [1.82, 2.24) is 0 Å². The van der Waals surface area contributed by atoms with E-state index in [2.05, 4.69) is 245 Å². The molecule has 1 heteroatoms. The summed E-state index contributed by atoms with van der Waals surface area (Å²) in [4.78, 5) is 2.36. The van der Waals surface area contributed by atoms with E-state index in [9.17, 15) is 0 Å². The topological polar surface area (TPSA) is 3.24 Å². The van der Waals surface area contributed by atoms with Crippen LogP contribution in [0.5, 0.6) is 0 Å². The van der Waals surface area contributed by atoms with Crippen LogP contribution in [-0.2, 0) is 16.2 Å². The summed E-state index contributed by atoms with van der Waals surface area (Å²) >= 11 is 0. The van der Waals surface area contributed by atoms with Gasteiger partial charge in [-0.15, -0.1) is 0 Å². The molecule has 0 aromatic heterocycles. The summed E-state index contributed by atoms with van der Waals surface area (Å²) in [6.07, 6.45) is 0. The van der Waals surface area contributed by atoms with Gasteiger partial charge in [-0.05, 0) is 138 Å². The number of anilines is 3. The van der Waals surface area contributed by atoms with Crippen LogP contribution in [-0.4, -0.2) is 0 Å². The third-order valence-corrected chi connectivity index (χ3v) is 14.6. The zero-order valence-corrected chi connectivity index (χ0v) is 35.7. The largest absolute Gasteiger partial charge is 0.311 e. The highest BCUT2D eigenvalue weighted by Gasteiger charge is 2.53. The Morgan fingerprint density at radius 2 is 0.645 bits per heavy atom. The molecule has 0 aliphatic heterocycles. The van der Waals surface area contributed by atoms with E-state index in [0.29, 0.717) is 0 Å². The second-order valence-corrected chi connectivity index (χ2v) is 18.5. The van der Waals surface area contributed by atoms with E-state index in [0.717, 1.165) is 17.1 Å². The molecule has 0 heterocycles. The molecule has 3 aliphatic carbocycles. The third-order valence-electron chi connectivity index (χ3n) is 14.6. The van der Waals surface area contributed by atoms with Crippen LogP contribution in [0.3, 0.4) is 0 Å². The average Bonchev–Trinajstić information content (AvgIpc) is 3.74. The lowest BCUT2D eigenvalue weighted by molar-refractivity contribution is 0.563. The summed E-state index contributed by atoms with van der Waals surface area (Å²) in [7, 11) is 0. The molecule has 0 fully saturated rings. The molecule has 0 radical (unpaired) electrons. The molecule has 12 rings (SSSR count). The van der Waals surface area contributed by atoms with Crippen LogP contribution < -0.4 is 4.90 Å². The first-order valence-electron chi connectivity index (χ1n) is 22.0. The summed E-state index contributed by atoms with van der Waals surface area (Å²) in [6.45, 7) is 9.46. The molecule has 0 atom stereocenters. The van der Waals surface area contributed by atoms with E-state index in [1.54, 1.807) is 0 Å². The van der Waals surface area contributed by atoms with Crippen molar-refractivity contribution in [2.75, 3.05) is 4.90 Å². The highest BCUT2D eigenvalue weighted by molar-refractivity contribution is 5.91. The van der Waals surface area contributed by atoms with E-state index in [-0.39, 0.29) is 10.8 Å². The number of hydrogen-bond donors (Lipinski definition) is 0. The first kappa shape index (κ1) is 36.6. The Morgan fingerprint density at radius 1 is 0.258 bits per heavy atom. The van der Waals surface area contributed by atoms with Crippen LogP contribution in [0.1, 0.15) is 72.2 Å². The Labute approximate surface area is 365 Å². The molecule has 1 nitrogen and oxygen atoms in total. The molecule has 3 aliphatic rings. The molecule has 0 N–H and O–H groups in total. The van der Waals surface area contributed by atoms with E-state index < -0.39 is 5.41 Å². The summed E-state index contributed by atoms with van der Waals surface area (Å²) in [5, 5.41) is 0. The van der Waals surface area contributed by atoms with Crippen molar-refractivity contribution in [1.29, 1.82) is 0 Å². The van der Waals surface area contributed by atoms with Gasteiger partial charge in [0.2, 0.25) is 0 Å². The molecule has 1 spiro atoms. The Morgan fingerprint density at radius 3 is 1.24 bits per heavy atom. The summed E-state index contributed by atoms with van der Waals surface area (Å²) in [5.74, 6) is 0. The highest BCUT2D eigenvalue weighted by atomic mass is 15.1. The Bertz CT molecular complexity index is 3170. The molecular formula is C61H47N. The lowest BCUT2D eigenvalue weighted by Gasteiger charge is -2.46. The van der Waals surface area contributed by atoms with Crippen LogP contribution in [0, 0.1) is 0 Å². The van der Waals surface area contributed by atoms with Gasteiger partial charge in [0.05, 0.1) is 5.41 Å². The molecule has 9 aromatic carbocycles. The van der Waals surface area contributed by atoms with Gasteiger partial charge in [-0.25, -0.2) is 0 Å². The molecule has 0 unspecified atom stereocenters. The fraction of sp³-hybridized carbons (Fsp3) is 0.115. The lowest BCUT2D eigenvalue weighted by atomic mass is 9.55. The second kappa shape index (κ2) is 13.4. The minimum absolute atomic E-state index is 0.0000881. The van der Waals surface area contributed by atoms with Gasteiger partial charge < -0.3 is 4.90 Å². The van der Waals surface area contributed by atoms with Gasteiger partial charge >= 0.3 is 0 Å². The maximum Gasteiger partial charge on any atom is 0.0719 e. The van der Waals surface area contributed by atoms with E-state index in [1.807, 2.05) is 0 Å². The number of para-hydroxylation sites is 1. The zero-order valence-electron chi connectivity index (χ0n) is 35.7. The minimum Gasteiger partial charge on any atom is -0.311 e. The molecule has 0 saturated carbocycles. The number of rotatable bonds is 5. The number of nitrogens with zero attached hydrogens (tertiary/aromatic N) is 1. The summed E-state index contributed by atoms with van der Waals surface area (Å²) < 4.78 is 0. The SMILES string of the molecule is CC1(C)c2ccccc2-c2cc(-c3ccc(N(c4ccccc4)c4ccc(-c5ccc6c(c5)C5(c7ccccc7-6)c6ccccc6C(C)(C)c6ccccc65)cc4)cc3)ccc21. The Hall–Kier alpha value is -7.22. The van der Waals surface area contributed by atoms with Crippen molar-refractivity contribution in [3.8, 4) is 44.5 Å². The van der Waals surface area contributed by atoms with Gasteiger partial charge in [-0.2, -0.15) is 0 Å². The second-order valence-electron chi connectivity index (χ2n) is 18.5. The first-order chi connectivity index (χ1) is 30.3. The highest BCUT2D eigenvalue weighted by Crippen LogP contribution is 2.62. The van der Waals surface area contributed by atoms with Crippen LogP contribution in [0.15, 0.2) is 212 Å². The minimum atomic E-state index is -0.415. The zero-order chi connectivity index (χ0) is 41.8. The van der Waals surface area contributed by atoms with Gasteiger partial charge in [0.25, 0.3) is 0 Å². The van der Waals surface area contributed by atoms with Crippen molar-refractivity contribution < 1.29 is 0 Å². The van der Waals surface area contributed by atoms with E-state index >= 15 is 0 Å². The van der Waals surface area contributed by atoms with Gasteiger partial charge in [0.1, 0.15) is 0 Å². The number of hydrogen-bond acceptors (Lipinski definition) is 1. The summed E-state index contributed by atoms with van der Waals surface area (Å²) in [6, 6.07) is 79.5. The fourth-order valence-electron chi connectivity index (χ4n) is 11.6. The van der Waals surface area contributed by atoms with Crippen LogP contribution >= 0.6 is 0 Å². The predicted octanol–water partition coefficient (Wildman–Crippen LogP) is 15.8. The van der Waals surface area contributed by atoms with Crippen molar-refractivity contribution in [3.05, 3.63) is 257 Å². The maximum atomic E-state index is 2.49. The van der Waals surface area contributed by atoms with Gasteiger partial charge in [-0.1, -0.05) is 191 Å². The van der Waals surface area contributed by atoms with Crippen molar-refractivity contribution >= 4 is 17.1 Å². The van der Waals surface area contributed by atoms with Gasteiger partial charge in [0, 0.05) is 27.9 Å². The Balaban J connectivity index is 0.933. The van der Waals surface area contributed by atoms with Crippen LogP contribution in [0.4, 0.5) is 17.1 Å².